The predicted molar refractivity (Wildman–Crippen MR) is 149 cm³/mol. The Bertz CT molecular complexity index is 323. The molecule has 2 saturated carbocycles. The fourth-order valence-electron chi connectivity index (χ4n) is 2.81. The summed E-state index contributed by atoms with van der Waals surface area (Å²) in [6.07, 6.45) is 0. The first kappa shape index (κ1) is 43.0. The van der Waals surface area contributed by atoms with Crippen LogP contribution in [0.1, 0.15) is 111 Å². The normalized spacial score (nSPS) is 20.6. The van der Waals surface area contributed by atoms with Crippen molar-refractivity contribution >= 4 is 18.6 Å². The second kappa shape index (κ2) is 20.8. The van der Waals surface area contributed by atoms with Crippen LogP contribution < -0.4 is 0 Å². The standard InChI is InChI=1S/2C10H15.2C4H10N.2ClH.2Ti/c2*1-6-7(2)9(4)10(5)8(6)3;2*1-4(2,3)5;;;;/h2*1-5H3;2*5H,1-3H3;2*1H;;/q;;2*-1;;;+2;+4/p-2. The zero-order valence-electron chi connectivity index (χ0n) is 24.8. The summed E-state index contributed by atoms with van der Waals surface area (Å²) in [4.78, 5) is 0. The predicted octanol–water partition coefficient (Wildman–Crippen LogP) is 11.0. The fraction of sp³-hybridized carbons (Fsp3) is 0.643. The molecule has 2 aliphatic rings. The van der Waals surface area contributed by atoms with E-state index >= 15 is 0 Å². The molecule has 6 heteroatoms. The molecular formula is C28H50Cl2N2Ti2+2. The van der Waals surface area contributed by atoms with E-state index in [9.17, 15) is 0 Å². The maximum absolute atomic E-state index is 6.94. The molecule has 0 aromatic rings. The van der Waals surface area contributed by atoms with E-state index in [0.29, 0.717) is 0 Å². The molecule has 0 aromatic carbocycles. The van der Waals surface area contributed by atoms with Crippen LogP contribution in [0, 0.1) is 59.2 Å². The third-order valence-electron chi connectivity index (χ3n) is 5.62. The van der Waals surface area contributed by atoms with E-state index in [-0.39, 0.29) is 11.1 Å². The van der Waals surface area contributed by atoms with Gasteiger partial charge in [-0.1, -0.05) is 111 Å². The van der Waals surface area contributed by atoms with Gasteiger partial charge in [-0.05, 0) is 59.2 Å². The SMILES string of the molecule is CC(C)(C)[NH-].CC(C)(C)[NH-].C[C]1[C](C)[C](C)[C](C)[C]1C.C[C]1[C](C)[C](C)[C](C)[C]1C.[Cl][Ti+3].[Cl][Ti+]. The fourth-order valence-corrected chi connectivity index (χ4v) is 2.81. The Hall–Kier alpha value is 1.93. The first-order valence-electron chi connectivity index (χ1n) is 11.4. The zero-order chi connectivity index (χ0) is 28.8. The summed E-state index contributed by atoms with van der Waals surface area (Å²) in [5, 5.41) is 0. The molecule has 0 atom stereocenters. The minimum absolute atomic E-state index is 0.250. The monoisotopic (exact) mass is 580 g/mol. The molecule has 2 fully saturated rings. The van der Waals surface area contributed by atoms with Crippen LogP contribution in [0.2, 0.25) is 0 Å². The number of rotatable bonds is 0. The average molecular weight is 581 g/mol. The molecule has 2 N–H and O–H groups in total. The topological polar surface area (TPSA) is 47.6 Å². The summed E-state index contributed by atoms with van der Waals surface area (Å²) in [7, 11) is 9.28. The molecule has 2 aliphatic carbocycles. The molecule has 0 spiro atoms. The van der Waals surface area contributed by atoms with Gasteiger partial charge in [0.05, 0.1) is 0 Å². The summed E-state index contributed by atoms with van der Waals surface area (Å²) in [5.74, 6) is 14.7. The third-order valence-corrected chi connectivity index (χ3v) is 5.62. The van der Waals surface area contributed by atoms with Crippen molar-refractivity contribution in [1.29, 1.82) is 0 Å². The Morgan fingerprint density at radius 1 is 0.412 bits per heavy atom. The van der Waals surface area contributed by atoms with Gasteiger partial charge in [0.2, 0.25) is 0 Å². The van der Waals surface area contributed by atoms with Gasteiger partial charge in [0.15, 0.2) is 0 Å². The van der Waals surface area contributed by atoms with Gasteiger partial charge >= 0.3 is 57.4 Å². The Morgan fingerprint density at radius 2 is 0.441 bits per heavy atom. The van der Waals surface area contributed by atoms with Gasteiger partial charge in [-0.2, -0.15) is 0 Å². The molecule has 10 radical (unpaired) electrons. The molecule has 0 heterocycles. The van der Waals surface area contributed by atoms with Crippen LogP contribution in [0.3, 0.4) is 0 Å². The molecule has 0 aliphatic heterocycles. The molecule has 2 nitrogen and oxygen atoms in total. The summed E-state index contributed by atoms with van der Waals surface area (Å²) in [5.41, 5.74) is 13.4. The molecule has 0 amide bonds. The molecule has 2 rings (SSSR count). The van der Waals surface area contributed by atoms with E-state index in [1.807, 2.05) is 41.5 Å². The molecule has 192 valence electrons. The van der Waals surface area contributed by atoms with Crippen LogP contribution in [-0.2, 0) is 38.7 Å². The zero-order valence-corrected chi connectivity index (χ0v) is 29.4. The average Bonchev–Trinajstić information content (AvgIpc) is 2.99. The van der Waals surface area contributed by atoms with Crippen LogP contribution in [0.15, 0.2) is 0 Å². The molecule has 0 saturated heterocycles. The Labute approximate surface area is 248 Å². The van der Waals surface area contributed by atoms with Crippen molar-refractivity contribution in [3.8, 4) is 0 Å². The summed E-state index contributed by atoms with van der Waals surface area (Å²) in [6, 6.07) is 0. The van der Waals surface area contributed by atoms with E-state index in [1.54, 1.807) is 0 Å². The number of hydrogen-bond donors (Lipinski definition) is 0. The van der Waals surface area contributed by atoms with Gasteiger partial charge in [-0.25, -0.2) is 0 Å². The van der Waals surface area contributed by atoms with Crippen molar-refractivity contribution in [2.24, 2.45) is 0 Å². The van der Waals surface area contributed by atoms with Crippen molar-refractivity contribution in [3.63, 3.8) is 0 Å². The first-order valence-corrected chi connectivity index (χ1v) is 15.7. The second-order valence-electron chi connectivity index (χ2n) is 10.8. The van der Waals surface area contributed by atoms with E-state index in [4.69, 9.17) is 11.5 Å². The van der Waals surface area contributed by atoms with Crippen molar-refractivity contribution in [1.82, 2.24) is 0 Å². The van der Waals surface area contributed by atoms with Gasteiger partial charge < -0.3 is 11.5 Å². The molecular weight excluding hydrogens is 531 g/mol. The van der Waals surface area contributed by atoms with Crippen LogP contribution in [0.25, 0.3) is 11.5 Å². The van der Waals surface area contributed by atoms with E-state index in [1.165, 1.54) is 97.9 Å². The number of halogens is 2. The van der Waals surface area contributed by atoms with E-state index < -0.39 is 0 Å². The summed E-state index contributed by atoms with van der Waals surface area (Å²) in [6.45, 7) is 33.1. The van der Waals surface area contributed by atoms with Crippen molar-refractivity contribution in [2.75, 3.05) is 0 Å². The van der Waals surface area contributed by atoms with Gasteiger partial charge in [0, 0.05) is 0 Å². The second-order valence-corrected chi connectivity index (χ2v) is 10.8. The van der Waals surface area contributed by atoms with Gasteiger partial charge in [-0.3, -0.25) is 0 Å². The Balaban J connectivity index is -0.000000176. The van der Waals surface area contributed by atoms with Crippen molar-refractivity contribution < 1.29 is 38.7 Å². The molecule has 0 aromatic heterocycles. The van der Waals surface area contributed by atoms with Gasteiger partial charge in [-0.15, -0.1) is 11.1 Å². The van der Waals surface area contributed by atoms with Crippen molar-refractivity contribution in [2.45, 2.75) is 122 Å². The first-order chi connectivity index (χ1) is 15.1. The maximum atomic E-state index is 6.94. The quantitative estimate of drug-likeness (QED) is 0.256. The van der Waals surface area contributed by atoms with Crippen LogP contribution in [0.4, 0.5) is 0 Å². The Morgan fingerprint density at radius 3 is 0.471 bits per heavy atom. The number of hydrogen-bond acceptors (Lipinski definition) is 0. The third kappa shape index (κ3) is 20.9. The van der Waals surface area contributed by atoms with Gasteiger partial charge in [0.1, 0.15) is 0 Å². The van der Waals surface area contributed by atoms with Gasteiger partial charge in [0.25, 0.3) is 0 Å². The van der Waals surface area contributed by atoms with Crippen LogP contribution in [-0.4, -0.2) is 11.1 Å². The van der Waals surface area contributed by atoms with Crippen molar-refractivity contribution in [3.05, 3.63) is 70.6 Å². The van der Waals surface area contributed by atoms with Crippen LogP contribution in [0.5, 0.6) is 0 Å². The molecule has 0 unspecified atom stereocenters. The van der Waals surface area contributed by atoms with Crippen LogP contribution >= 0.6 is 18.6 Å². The number of nitrogens with one attached hydrogen (secondary N) is 2. The summed E-state index contributed by atoms with van der Waals surface area (Å²) >= 11 is 2.94. The molecule has 34 heavy (non-hydrogen) atoms. The summed E-state index contributed by atoms with van der Waals surface area (Å²) < 4.78 is 0. The Kier molecular flexibility index (Phi) is 26.4. The van der Waals surface area contributed by atoms with E-state index in [2.05, 4.69) is 87.8 Å². The molecule has 0 bridgehead atoms. The minimum atomic E-state index is -0.250. The van der Waals surface area contributed by atoms with E-state index in [0.717, 1.165) is 0 Å².